The summed E-state index contributed by atoms with van der Waals surface area (Å²) in [5.41, 5.74) is 0. The molecule has 0 heterocycles. The van der Waals surface area contributed by atoms with Crippen LogP contribution in [0.2, 0.25) is 0 Å². The zero-order valence-corrected chi connectivity index (χ0v) is 4.24. The summed E-state index contributed by atoms with van der Waals surface area (Å²) in [6.07, 6.45) is 0. The minimum absolute atomic E-state index is 0. The molecule has 0 amide bonds. The van der Waals surface area contributed by atoms with Crippen molar-refractivity contribution in [1.29, 1.82) is 0 Å². The molecule has 0 aromatic heterocycles. The van der Waals surface area contributed by atoms with E-state index in [0.29, 0.717) is 0 Å². The van der Waals surface area contributed by atoms with Crippen LogP contribution in [0.25, 0.3) is 0 Å². The second kappa shape index (κ2) is 2240. The molecule has 0 aliphatic carbocycles. The number of hydrogen-bond acceptors (Lipinski definition) is 0. The van der Waals surface area contributed by atoms with Crippen molar-refractivity contribution in [1.82, 2.24) is 0 Å². The van der Waals surface area contributed by atoms with Gasteiger partial charge in [0.1, 0.15) is 0 Å². The van der Waals surface area contributed by atoms with Gasteiger partial charge in [-0.1, -0.05) is 0 Å². The van der Waals surface area contributed by atoms with Crippen LogP contribution in [0.1, 0.15) is 0 Å². The van der Waals surface area contributed by atoms with E-state index in [-0.39, 0.29) is 49.9 Å². The minimum atomic E-state index is 0. The first-order valence-electron chi connectivity index (χ1n) is 0. The van der Waals surface area contributed by atoms with Gasteiger partial charge in [0.05, 0.1) is 0 Å². The van der Waals surface area contributed by atoms with Crippen LogP contribution in [0.3, 0.4) is 0 Å². The van der Waals surface area contributed by atoms with Crippen LogP contribution in [0, 0.1) is 0 Å². The molecule has 0 atom stereocenters. The van der Waals surface area contributed by atoms with Gasteiger partial charge in [-0.2, -0.15) is 0 Å². The predicted molar refractivity (Wildman–Crippen MR) is 21.7 cm³/mol. The Labute approximate surface area is 50.8 Å². The molecular formula is H12CuO6+2. The van der Waals surface area contributed by atoms with E-state index < -0.39 is 0 Å². The van der Waals surface area contributed by atoms with Crippen LogP contribution in [0.4, 0.5) is 0 Å². The Kier molecular flexibility index (Phi) is 1180000. The Morgan fingerprint density at radius 1 is 0.286 bits per heavy atom. The Bertz CT molecular complexity index is 4.14. The standard InChI is InChI=1S/Cu.6H2O/h;6*1H2/q+2;;;;;;. The first-order valence-corrected chi connectivity index (χ1v) is 0. The van der Waals surface area contributed by atoms with Crippen LogP contribution in [0.5, 0.6) is 0 Å². The van der Waals surface area contributed by atoms with E-state index >= 15 is 0 Å². The normalized spacial score (nSPS) is 0. The van der Waals surface area contributed by atoms with Crippen molar-refractivity contribution in [2.24, 2.45) is 0 Å². The van der Waals surface area contributed by atoms with E-state index in [1.165, 1.54) is 0 Å². The first kappa shape index (κ1) is 3670. The van der Waals surface area contributed by atoms with Gasteiger partial charge in [0.25, 0.3) is 0 Å². The predicted octanol–water partition coefficient (Wildman–Crippen LogP) is -4.95. The molecule has 1 radical (unpaired) electrons. The average molecular weight is 172 g/mol. The third-order valence-corrected chi connectivity index (χ3v) is 0. The Morgan fingerprint density at radius 3 is 0.286 bits per heavy atom. The van der Waals surface area contributed by atoms with E-state index in [4.69, 9.17) is 0 Å². The molecular weight excluding hydrogens is 160 g/mol. The molecule has 57 valence electrons. The maximum absolute atomic E-state index is 0. The Hall–Kier alpha value is 0.279. The molecule has 0 unspecified atom stereocenters. The van der Waals surface area contributed by atoms with Crippen molar-refractivity contribution in [3.63, 3.8) is 0 Å². The molecule has 0 aromatic carbocycles. The maximum atomic E-state index is 0. The summed E-state index contributed by atoms with van der Waals surface area (Å²) in [7, 11) is 0. The molecule has 0 saturated heterocycles. The Balaban J connectivity index is 0. The van der Waals surface area contributed by atoms with Gasteiger partial charge in [-0.15, -0.1) is 0 Å². The van der Waals surface area contributed by atoms with Crippen molar-refractivity contribution >= 4 is 0 Å². The van der Waals surface area contributed by atoms with Crippen molar-refractivity contribution in [3.8, 4) is 0 Å². The largest absolute Gasteiger partial charge is 2.00 e. The fourth-order valence-electron chi connectivity index (χ4n) is 0. The number of rotatable bonds is 0. The van der Waals surface area contributed by atoms with Crippen LogP contribution in [-0.4, -0.2) is 32.9 Å². The maximum Gasteiger partial charge on any atom is 2.00 e. The first-order chi connectivity index (χ1) is 0. The molecule has 12 N–H and O–H groups in total. The van der Waals surface area contributed by atoms with Gasteiger partial charge < -0.3 is 32.9 Å². The third kappa shape index (κ3) is 1470. The summed E-state index contributed by atoms with van der Waals surface area (Å²) in [5, 5.41) is 0. The van der Waals surface area contributed by atoms with Gasteiger partial charge in [0.15, 0.2) is 0 Å². The minimum Gasteiger partial charge on any atom is -0.412 e. The molecule has 0 spiro atoms. The van der Waals surface area contributed by atoms with Crippen LogP contribution in [-0.2, 0) is 17.1 Å². The van der Waals surface area contributed by atoms with E-state index in [2.05, 4.69) is 0 Å². The molecule has 0 saturated carbocycles. The summed E-state index contributed by atoms with van der Waals surface area (Å²) >= 11 is 0. The molecule has 0 aromatic rings. The second-order valence-electron chi connectivity index (χ2n) is 0. The summed E-state index contributed by atoms with van der Waals surface area (Å²) in [6, 6.07) is 0. The fourth-order valence-corrected chi connectivity index (χ4v) is 0. The topological polar surface area (TPSA) is 189 Å². The molecule has 7 heavy (non-hydrogen) atoms. The van der Waals surface area contributed by atoms with Crippen LogP contribution < -0.4 is 0 Å². The van der Waals surface area contributed by atoms with Gasteiger partial charge in [0, 0.05) is 0 Å². The summed E-state index contributed by atoms with van der Waals surface area (Å²) < 4.78 is 0. The molecule has 0 fully saturated rings. The fraction of sp³-hybridized carbons (Fsp3) is 0. The second-order valence-corrected chi connectivity index (χ2v) is 0. The summed E-state index contributed by atoms with van der Waals surface area (Å²) in [5.74, 6) is 0. The quantitative estimate of drug-likeness (QED) is 0.316. The molecule has 0 bridgehead atoms. The molecule has 0 aliphatic heterocycles. The smallest absolute Gasteiger partial charge is 0.412 e. The van der Waals surface area contributed by atoms with Crippen molar-refractivity contribution in [2.45, 2.75) is 0 Å². The van der Waals surface area contributed by atoms with Gasteiger partial charge in [-0.3, -0.25) is 0 Å². The average Bonchev–Trinajstić information content (AvgIpc) is 0. The molecule has 7 heteroatoms. The Morgan fingerprint density at radius 2 is 0.286 bits per heavy atom. The zero-order valence-electron chi connectivity index (χ0n) is 3.30. The van der Waals surface area contributed by atoms with Gasteiger partial charge in [0.2, 0.25) is 0 Å². The SMILES string of the molecule is O.O.O.O.O.O.[Cu+2]. The summed E-state index contributed by atoms with van der Waals surface area (Å²) in [4.78, 5) is 0. The van der Waals surface area contributed by atoms with Crippen molar-refractivity contribution < 1.29 is 49.9 Å². The van der Waals surface area contributed by atoms with Crippen LogP contribution >= 0.6 is 0 Å². The van der Waals surface area contributed by atoms with E-state index in [0.717, 1.165) is 0 Å². The summed E-state index contributed by atoms with van der Waals surface area (Å²) in [6.45, 7) is 0. The van der Waals surface area contributed by atoms with Gasteiger partial charge >= 0.3 is 17.1 Å². The molecule has 6 nitrogen and oxygen atoms in total. The van der Waals surface area contributed by atoms with E-state index in [1.807, 2.05) is 0 Å². The van der Waals surface area contributed by atoms with E-state index in [9.17, 15) is 0 Å². The molecule has 0 aliphatic rings. The zero-order chi connectivity index (χ0) is 0. The van der Waals surface area contributed by atoms with Gasteiger partial charge in [-0.25, -0.2) is 0 Å². The molecule has 0 rings (SSSR count). The van der Waals surface area contributed by atoms with Crippen molar-refractivity contribution in [2.75, 3.05) is 0 Å². The monoisotopic (exact) mass is 171 g/mol. The van der Waals surface area contributed by atoms with Crippen molar-refractivity contribution in [3.05, 3.63) is 0 Å². The van der Waals surface area contributed by atoms with E-state index in [1.54, 1.807) is 0 Å². The third-order valence-electron chi connectivity index (χ3n) is 0. The number of hydrogen-bond donors (Lipinski definition) is 0. The van der Waals surface area contributed by atoms with Gasteiger partial charge in [-0.05, 0) is 0 Å². The van der Waals surface area contributed by atoms with Crippen LogP contribution in [0.15, 0.2) is 0 Å².